The number of nitrogens with zero attached hydrogens (tertiary/aromatic N) is 1. The first kappa shape index (κ1) is 12.7. The minimum Gasteiger partial charge on any atom is -0.361 e. The quantitative estimate of drug-likeness (QED) is 0.863. The molecule has 1 heterocycles. The van der Waals surface area contributed by atoms with Crippen LogP contribution >= 0.6 is 0 Å². The summed E-state index contributed by atoms with van der Waals surface area (Å²) in [4.78, 5) is 6.11. The fourth-order valence-electron chi connectivity index (χ4n) is 3.56. The van der Waals surface area contributed by atoms with Gasteiger partial charge in [0.25, 0.3) is 0 Å². The monoisotopic (exact) mass is 256 g/mol. The van der Waals surface area contributed by atoms with E-state index in [0.29, 0.717) is 6.04 Å². The Bertz CT molecular complexity index is 549. The molecular weight excluding hydrogens is 232 g/mol. The SMILES string of the molecule is CCCN(CCC)C1Cc2cccc3[nH]cc(c23)C1. The topological polar surface area (TPSA) is 19.0 Å². The van der Waals surface area contributed by atoms with Crippen molar-refractivity contribution >= 4 is 10.9 Å². The number of hydrogen-bond donors (Lipinski definition) is 1. The second-order valence-electron chi connectivity index (χ2n) is 5.75. The Kier molecular flexibility index (Phi) is 3.61. The molecule has 0 fully saturated rings. The molecular formula is C17H24N2. The minimum atomic E-state index is 0.689. The minimum absolute atomic E-state index is 0.689. The van der Waals surface area contributed by atoms with Gasteiger partial charge >= 0.3 is 0 Å². The van der Waals surface area contributed by atoms with Crippen molar-refractivity contribution in [1.82, 2.24) is 9.88 Å². The van der Waals surface area contributed by atoms with Crippen molar-refractivity contribution in [3.8, 4) is 0 Å². The van der Waals surface area contributed by atoms with E-state index in [0.717, 1.165) is 0 Å². The zero-order chi connectivity index (χ0) is 13.2. The molecule has 1 aromatic heterocycles. The van der Waals surface area contributed by atoms with Gasteiger partial charge in [0.05, 0.1) is 0 Å². The van der Waals surface area contributed by atoms with E-state index in [4.69, 9.17) is 0 Å². The Morgan fingerprint density at radius 2 is 1.84 bits per heavy atom. The number of rotatable bonds is 5. The summed E-state index contributed by atoms with van der Waals surface area (Å²) in [6, 6.07) is 7.37. The van der Waals surface area contributed by atoms with Crippen LogP contribution in [0.5, 0.6) is 0 Å². The molecule has 0 bridgehead atoms. The summed E-state index contributed by atoms with van der Waals surface area (Å²) in [5, 5.41) is 1.49. The molecule has 1 unspecified atom stereocenters. The summed E-state index contributed by atoms with van der Waals surface area (Å²) >= 11 is 0. The number of hydrogen-bond acceptors (Lipinski definition) is 1. The second-order valence-corrected chi connectivity index (χ2v) is 5.75. The summed E-state index contributed by atoms with van der Waals surface area (Å²) in [5.41, 5.74) is 4.35. The predicted molar refractivity (Wildman–Crippen MR) is 81.6 cm³/mol. The van der Waals surface area contributed by atoms with E-state index in [2.05, 4.69) is 48.1 Å². The standard InChI is InChI=1S/C17H24N2/c1-3-8-19(9-4-2)15-10-13-6-5-7-16-17(13)14(11-15)12-18-16/h5-7,12,15,18H,3-4,8-11H2,1-2H3. The van der Waals surface area contributed by atoms with Gasteiger partial charge in [-0.1, -0.05) is 26.0 Å². The molecule has 3 rings (SSSR count). The molecule has 2 aromatic rings. The van der Waals surface area contributed by atoms with Gasteiger partial charge in [0, 0.05) is 23.1 Å². The molecule has 2 nitrogen and oxygen atoms in total. The summed E-state index contributed by atoms with van der Waals surface area (Å²) < 4.78 is 0. The van der Waals surface area contributed by atoms with Crippen LogP contribution in [0.2, 0.25) is 0 Å². The molecule has 0 amide bonds. The van der Waals surface area contributed by atoms with Crippen LogP contribution in [-0.4, -0.2) is 29.0 Å². The lowest BCUT2D eigenvalue weighted by Gasteiger charge is -2.34. The van der Waals surface area contributed by atoms with E-state index < -0.39 is 0 Å². The normalized spacial score (nSPS) is 18.4. The van der Waals surface area contributed by atoms with Gasteiger partial charge in [0.2, 0.25) is 0 Å². The lowest BCUT2D eigenvalue weighted by molar-refractivity contribution is 0.192. The van der Waals surface area contributed by atoms with Crippen molar-refractivity contribution in [3.05, 3.63) is 35.5 Å². The first-order valence-corrected chi connectivity index (χ1v) is 7.65. The third-order valence-corrected chi connectivity index (χ3v) is 4.32. The molecule has 0 saturated carbocycles. The molecule has 2 heteroatoms. The zero-order valence-corrected chi connectivity index (χ0v) is 12.1. The molecule has 1 atom stereocenters. The molecule has 1 aliphatic carbocycles. The number of aromatic amines is 1. The molecule has 0 saturated heterocycles. The smallest absolute Gasteiger partial charge is 0.0459 e. The van der Waals surface area contributed by atoms with Crippen molar-refractivity contribution in [2.45, 2.75) is 45.6 Å². The van der Waals surface area contributed by atoms with Gasteiger partial charge < -0.3 is 4.98 Å². The van der Waals surface area contributed by atoms with Crippen LogP contribution in [0.4, 0.5) is 0 Å². The number of nitrogens with one attached hydrogen (secondary N) is 1. The average Bonchev–Trinajstić information content (AvgIpc) is 2.84. The Morgan fingerprint density at radius 1 is 1.11 bits per heavy atom. The molecule has 19 heavy (non-hydrogen) atoms. The van der Waals surface area contributed by atoms with Crippen LogP contribution in [0.3, 0.4) is 0 Å². The summed E-state index contributed by atoms with van der Waals surface area (Å²) in [6.45, 7) is 7.03. The van der Waals surface area contributed by atoms with Crippen molar-refractivity contribution < 1.29 is 0 Å². The number of H-pyrrole nitrogens is 1. The third kappa shape index (κ3) is 2.30. The fraction of sp³-hybridized carbons (Fsp3) is 0.529. The van der Waals surface area contributed by atoms with E-state index in [1.54, 1.807) is 0 Å². The Labute approximate surface area is 115 Å². The molecule has 1 aliphatic rings. The Hall–Kier alpha value is -1.28. The van der Waals surface area contributed by atoms with Crippen molar-refractivity contribution in [3.63, 3.8) is 0 Å². The van der Waals surface area contributed by atoms with E-state index in [-0.39, 0.29) is 0 Å². The molecule has 1 N–H and O–H groups in total. The highest BCUT2D eigenvalue weighted by molar-refractivity contribution is 5.87. The molecule has 102 valence electrons. The Balaban J connectivity index is 1.89. The largest absolute Gasteiger partial charge is 0.361 e. The van der Waals surface area contributed by atoms with E-state index in [1.165, 1.54) is 60.8 Å². The molecule has 0 radical (unpaired) electrons. The average molecular weight is 256 g/mol. The fourth-order valence-corrected chi connectivity index (χ4v) is 3.56. The third-order valence-electron chi connectivity index (χ3n) is 4.32. The lowest BCUT2D eigenvalue weighted by Crippen LogP contribution is -2.40. The van der Waals surface area contributed by atoms with Crippen molar-refractivity contribution in [2.24, 2.45) is 0 Å². The second kappa shape index (κ2) is 5.38. The number of benzene rings is 1. The lowest BCUT2D eigenvalue weighted by atomic mass is 9.88. The van der Waals surface area contributed by atoms with E-state index in [9.17, 15) is 0 Å². The highest BCUT2D eigenvalue weighted by Gasteiger charge is 2.25. The van der Waals surface area contributed by atoms with Crippen LogP contribution in [0.25, 0.3) is 10.9 Å². The maximum absolute atomic E-state index is 3.42. The maximum Gasteiger partial charge on any atom is 0.0459 e. The highest BCUT2D eigenvalue weighted by Crippen LogP contribution is 2.31. The van der Waals surface area contributed by atoms with Crippen LogP contribution in [0.15, 0.2) is 24.4 Å². The van der Waals surface area contributed by atoms with Crippen LogP contribution in [0, 0.1) is 0 Å². The van der Waals surface area contributed by atoms with Gasteiger partial charge in [0.1, 0.15) is 0 Å². The van der Waals surface area contributed by atoms with Crippen LogP contribution in [0.1, 0.15) is 37.8 Å². The predicted octanol–water partition coefficient (Wildman–Crippen LogP) is 3.76. The van der Waals surface area contributed by atoms with Crippen molar-refractivity contribution in [1.29, 1.82) is 0 Å². The number of aromatic nitrogens is 1. The van der Waals surface area contributed by atoms with Gasteiger partial charge in [-0.2, -0.15) is 0 Å². The first-order valence-electron chi connectivity index (χ1n) is 7.65. The molecule has 0 spiro atoms. The van der Waals surface area contributed by atoms with Crippen LogP contribution in [-0.2, 0) is 12.8 Å². The summed E-state index contributed by atoms with van der Waals surface area (Å²) in [5.74, 6) is 0. The van der Waals surface area contributed by atoms with Crippen molar-refractivity contribution in [2.75, 3.05) is 13.1 Å². The summed E-state index contributed by atoms with van der Waals surface area (Å²) in [7, 11) is 0. The van der Waals surface area contributed by atoms with Gasteiger partial charge in [-0.05, 0) is 56.0 Å². The van der Waals surface area contributed by atoms with Gasteiger partial charge in [-0.25, -0.2) is 0 Å². The van der Waals surface area contributed by atoms with Crippen LogP contribution < -0.4 is 0 Å². The van der Waals surface area contributed by atoms with Gasteiger partial charge in [-0.15, -0.1) is 0 Å². The molecule has 0 aliphatic heterocycles. The van der Waals surface area contributed by atoms with E-state index in [1.807, 2.05) is 0 Å². The Morgan fingerprint density at radius 3 is 2.58 bits per heavy atom. The van der Waals surface area contributed by atoms with Gasteiger partial charge in [0.15, 0.2) is 0 Å². The summed E-state index contributed by atoms with van der Waals surface area (Å²) in [6.07, 6.45) is 7.14. The maximum atomic E-state index is 3.42. The highest BCUT2D eigenvalue weighted by atomic mass is 15.1. The first-order chi connectivity index (χ1) is 9.33. The molecule has 1 aromatic carbocycles. The van der Waals surface area contributed by atoms with E-state index >= 15 is 0 Å². The van der Waals surface area contributed by atoms with Gasteiger partial charge in [-0.3, -0.25) is 4.90 Å². The zero-order valence-electron chi connectivity index (χ0n) is 12.1.